The second-order valence-electron chi connectivity index (χ2n) is 3.98. The lowest BCUT2D eigenvalue weighted by molar-refractivity contribution is -0.0423. The monoisotopic (exact) mass is 290 g/mol. The number of ether oxygens (including phenoxy) is 3. The van der Waals surface area contributed by atoms with Gasteiger partial charge in [0.05, 0.1) is 19.3 Å². The molecule has 0 saturated carbocycles. The van der Waals surface area contributed by atoms with E-state index in [1.54, 1.807) is 18.6 Å². The highest BCUT2D eigenvalue weighted by Crippen LogP contribution is 2.24. The van der Waals surface area contributed by atoms with Crippen molar-refractivity contribution in [2.24, 2.45) is 0 Å². The molecule has 0 saturated heterocycles. The lowest BCUT2D eigenvalue weighted by Crippen LogP contribution is -2.27. The van der Waals surface area contributed by atoms with E-state index < -0.39 is 12.1 Å². The first-order valence-corrected chi connectivity index (χ1v) is 6.64. The number of aliphatic hydroxyl groups is 1. The fraction of sp³-hybridized carbons (Fsp3) is 0.583. The Hall–Kier alpha value is -1.15. The van der Waals surface area contributed by atoms with Crippen LogP contribution < -0.4 is 4.74 Å². The second-order valence-corrected chi connectivity index (χ2v) is 4.90. The molecule has 7 heteroatoms. The Morgan fingerprint density at radius 1 is 1.42 bits per heavy atom. The molecule has 2 unspecified atom stereocenters. The molecule has 0 radical (unpaired) electrons. The summed E-state index contributed by atoms with van der Waals surface area (Å²) in [5.41, 5.74) is 0. The van der Waals surface area contributed by atoms with Crippen molar-refractivity contribution in [3.8, 4) is 5.75 Å². The second kappa shape index (κ2) is 8.11. The zero-order chi connectivity index (χ0) is 14.3. The number of aromatic carboxylic acids is 1. The van der Waals surface area contributed by atoms with E-state index in [1.807, 2.05) is 6.92 Å². The molecule has 2 N–H and O–H groups in total. The molecule has 0 aliphatic rings. The fourth-order valence-electron chi connectivity index (χ4n) is 1.36. The van der Waals surface area contributed by atoms with Gasteiger partial charge in [-0.25, -0.2) is 4.79 Å². The third-order valence-electron chi connectivity index (χ3n) is 2.23. The third-order valence-corrected chi connectivity index (χ3v) is 3.11. The molecule has 2 atom stereocenters. The van der Waals surface area contributed by atoms with Gasteiger partial charge in [0.15, 0.2) is 4.88 Å². The fourth-order valence-corrected chi connectivity index (χ4v) is 2.03. The maximum Gasteiger partial charge on any atom is 0.349 e. The average Bonchev–Trinajstić information content (AvgIpc) is 2.82. The van der Waals surface area contributed by atoms with E-state index >= 15 is 0 Å². The van der Waals surface area contributed by atoms with Gasteiger partial charge in [-0.2, -0.15) is 0 Å². The average molecular weight is 290 g/mol. The van der Waals surface area contributed by atoms with E-state index in [0.29, 0.717) is 6.61 Å². The van der Waals surface area contributed by atoms with Crippen LogP contribution in [0, 0.1) is 0 Å². The van der Waals surface area contributed by atoms with Crippen LogP contribution in [0.5, 0.6) is 5.75 Å². The molecule has 0 amide bonds. The number of hydrogen-bond donors (Lipinski definition) is 2. The van der Waals surface area contributed by atoms with Gasteiger partial charge in [0.2, 0.25) is 0 Å². The quantitative estimate of drug-likeness (QED) is 0.711. The molecule has 1 aromatic heterocycles. The Bertz CT molecular complexity index is 391. The van der Waals surface area contributed by atoms with Gasteiger partial charge in [0.25, 0.3) is 0 Å². The molecule has 1 rings (SSSR count). The Labute approximate surface area is 115 Å². The van der Waals surface area contributed by atoms with Crippen molar-refractivity contribution in [3.05, 3.63) is 16.3 Å². The third kappa shape index (κ3) is 5.56. The summed E-state index contributed by atoms with van der Waals surface area (Å²) >= 11 is 1.08. The van der Waals surface area contributed by atoms with Gasteiger partial charge in [-0.3, -0.25) is 0 Å². The number of thiophene rings is 1. The first-order chi connectivity index (χ1) is 9.04. The first kappa shape index (κ1) is 15.9. The first-order valence-electron chi connectivity index (χ1n) is 5.76. The number of aliphatic hydroxyl groups excluding tert-OH is 1. The van der Waals surface area contributed by atoms with Gasteiger partial charge in [0.1, 0.15) is 18.5 Å². The van der Waals surface area contributed by atoms with E-state index in [9.17, 15) is 9.90 Å². The van der Waals surface area contributed by atoms with Gasteiger partial charge >= 0.3 is 5.97 Å². The maximum absolute atomic E-state index is 10.8. The maximum atomic E-state index is 10.8. The summed E-state index contributed by atoms with van der Waals surface area (Å²) in [6.07, 6.45) is -0.934. The number of methoxy groups -OCH3 is 1. The Kier molecular flexibility index (Phi) is 6.79. The summed E-state index contributed by atoms with van der Waals surface area (Å²) in [7, 11) is 1.57. The molecule has 0 aromatic carbocycles. The van der Waals surface area contributed by atoms with Crippen molar-refractivity contribution in [1.82, 2.24) is 0 Å². The van der Waals surface area contributed by atoms with Crippen LogP contribution in [0.1, 0.15) is 16.6 Å². The summed E-state index contributed by atoms with van der Waals surface area (Å²) in [6.45, 7) is 2.37. The zero-order valence-corrected chi connectivity index (χ0v) is 11.7. The number of carbonyl (C=O) groups is 1. The molecular weight excluding hydrogens is 272 g/mol. The van der Waals surface area contributed by atoms with Gasteiger partial charge < -0.3 is 24.4 Å². The van der Waals surface area contributed by atoms with Gasteiger partial charge in [0, 0.05) is 7.11 Å². The highest BCUT2D eigenvalue weighted by Gasteiger charge is 2.15. The summed E-state index contributed by atoms with van der Waals surface area (Å²) in [4.78, 5) is 11.0. The largest absolute Gasteiger partial charge is 0.489 e. The molecule has 0 spiro atoms. The molecule has 0 aliphatic carbocycles. The number of carboxylic acids is 1. The molecular formula is C12H18O6S. The van der Waals surface area contributed by atoms with Gasteiger partial charge in [-0.05, 0) is 18.4 Å². The van der Waals surface area contributed by atoms with Crippen LogP contribution >= 0.6 is 11.3 Å². The normalized spacial score (nSPS) is 14.1. The van der Waals surface area contributed by atoms with Crippen molar-refractivity contribution in [2.45, 2.75) is 19.1 Å². The van der Waals surface area contributed by atoms with E-state index in [2.05, 4.69) is 0 Å². The van der Waals surface area contributed by atoms with Crippen molar-refractivity contribution in [2.75, 3.05) is 26.9 Å². The molecule has 19 heavy (non-hydrogen) atoms. The van der Waals surface area contributed by atoms with E-state index in [-0.39, 0.29) is 29.9 Å². The predicted molar refractivity (Wildman–Crippen MR) is 70.1 cm³/mol. The summed E-state index contributed by atoms with van der Waals surface area (Å²) in [5, 5.41) is 20.2. The molecule has 0 fully saturated rings. The zero-order valence-electron chi connectivity index (χ0n) is 10.9. The lowest BCUT2D eigenvalue weighted by atomic mass is 10.3. The van der Waals surface area contributed by atoms with Gasteiger partial charge in [-0.15, -0.1) is 11.3 Å². The molecule has 1 heterocycles. The van der Waals surface area contributed by atoms with Crippen molar-refractivity contribution < 1.29 is 29.2 Å². The predicted octanol–water partition coefficient (Wildman–Crippen LogP) is 1.24. The van der Waals surface area contributed by atoms with Crippen molar-refractivity contribution >= 4 is 17.3 Å². The molecule has 0 bridgehead atoms. The van der Waals surface area contributed by atoms with Crippen LogP contribution in [-0.4, -0.2) is 55.3 Å². The Morgan fingerprint density at radius 2 is 2.16 bits per heavy atom. The standard InChI is InChI=1S/C12H18O6S/c1-8(5-16-2)17-6-9(13)7-18-10-3-4-19-11(10)12(14)15/h3-4,8-9,13H,5-7H2,1-2H3,(H,14,15). The Balaban J connectivity index is 2.31. The van der Waals surface area contributed by atoms with E-state index in [0.717, 1.165) is 11.3 Å². The SMILES string of the molecule is COCC(C)OCC(O)COc1ccsc1C(=O)O. The molecule has 1 aromatic rings. The topological polar surface area (TPSA) is 85.2 Å². The van der Waals surface area contributed by atoms with Crippen LogP contribution in [0.15, 0.2) is 11.4 Å². The van der Waals surface area contributed by atoms with Crippen LogP contribution in [0.3, 0.4) is 0 Å². The minimum Gasteiger partial charge on any atom is -0.489 e. The molecule has 0 aliphatic heterocycles. The van der Waals surface area contributed by atoms with Crippen LogP contribution in [0.2, 0.25) is 0 Å². The highest BCUT2D eigenvalue weighted by atomic mass is 32.1. The minimum absolute atomic E-state index is 0.0171. The van der Waals surface area contributed by atoms with Crippen LogP contribution in [-0.2, 0) is 9.47 Å². The summed E-state index contributed by atoms with van der Waals surface area (Å²) < 4.78 is 15.5. The van der Waals surface area contributed by atoms with Gasteiger partial charge in [-0.1, -0.05) is 0 Å². The number of rotatable bonds is 9. The van der Waals surface area contributed by atoms with Crippen molar-refractivity contribution in [3.63, 3.8) is 0 Å². The Morgan fingerprint density at radius 3 is 2.79 bits per heavy atom. The van der Waals surface area contributed by atoms with E-state index in [4.69, 9.17) is 19.3 Å². The highest BCUT2D eigenvalue weighted by molar-refractivity contribution is 7.12. The molecule has 6 nitrogen and oxygen atoms in total. The number of hydrogen-bond acceptors (Lipinski definition) is 6. The molecule has 108 valence electrons. The number of carboxylic acid groups (broad SMARTS) is 1. The van der Waals surface area contributed by atoms with Crippen molar-refractivity contribution in [1.29, 1.82) is 0 Å². The summed E-state index contributed by atoms with van der Waals surface area (Å²) in [6, 6.07) is 1.56. The van der Waals surface area contributed by atoms with Crippen LogP contribution in [0.25, 0.3) is 0 Å². The lowest BCUT2D eigenvalue weighted by Gasteiger charge is -2.16. The van der Waals surface area contributed by atoms with Crippen LogP contribution in [0.4, 0.5) is 0 Å². The smallest absolute Gasteiger partial charge is 0.349 e. The summed E-state index contributed by atoms with van der Waals surface area (Å²) in [5.74, 6) is -0.772. The minimum atomic E-state index is -1.04. The van der Waals surface area contributed by atoms with E-state index in [1.165, 1.54) is 0 Å².